The molecule has 116 valence electrons. The number of carbonyl (C=O) groups excluding carboxylic acids is 1. The largest absolute Gasteiger partial charge is 0.496 e. The van der Waals surface area contributed by atoms with E-state index >= 15 is 0 Å². The summed E-state index contributed by atoms with van der Waals surface area (Å²) in [5, 5.41) is 0. The van der Waals surface area contributed by atoms with Crippen LogP contribution in [0.15, 0.2) is 18.2 Å². The maximum atomic E-state index is 12.7. The first kappa shape index (κ1) is 15.6. The van der Waals surface area contributed by atoms with Crippen molar-refractivity contribution in [3.05, 3.63) is 23.8 Å². The lowest BCUT2D eigenvalue weighted by Gasteiger charge is -2.33. The highest BCUT2D eigenvalue weighted by atomic mass is 16.5. The Hall–Kier alpha value is -1.75. The third kappa shape index (κ3) is 3.67. The molecule has 2 N–H and O–H groups in total. The maximum absolute atomic E-state index is 12.7. The fourth-order valence-corrected chi connectivity index (χ4v) is 2.65. The topological polar surface area (TPSA) is 64.8 Å². The van der Waals surface area contributed by atoms with E-state index in [-0.39, 0.29) is 12.0 Å². The van der Waals surface area contributed by atoms with Gasteiger partial charge in [0.15, 0.2) is 0 Å². The Bertz CT molecular complexity index is 490. The van der Waals surface area contributed by atoms with Gasteiger partial charge in [-0.15, -0.1) is 0 Å². The summed E-state index contributed by atoms with van der Waals surface area (Å²) < 4.78 is 11.0. The molecule has 1 aromatic rings. The molecule has 0 bridgehead atoms. The van der Waals surface area contributed by atoms with E-state index in [2.05, 4.69) is 6.92 Å². The quantitative estimate of drug-likeness (QED) is 0.846. The number of ether oxygens (including phenoxy) is 2. The van der Waals surface area contributed by atoms with E-state index in [4.69, 9.17) is 15.2 Å². The van der Waals surface area contributed by atoms with Gasteiger partial charge in [0.05, 0.1) is 13.2 Å². The van der Waals surface area contributed by atoms with Crippen LogP contribution in [0.1, 0.15) is 36.5 Å². The van der Waals surface area contributed by atoms with E-state index in [9.17, 15) is 4.79 Å². The molecule has 1 fully saturated rings. The molecular formula is C16H24N2O3. The molecule has 2 rings (SSSR count). The third-order valence-corrected chi connectivity index (χ3v) is 3.72. The molecule has 1 aliphatic rings. The number of nitrogen functional groups attached to an aromatic ring is 1. The first-order chi connectivity index (χ1) is 10.2. The average molecular weight is 292 g/mol. The Morgan fingerprint density at radius 2 is 2.29 bits per heavy atom. The molecule has 0 spiro atoms. The van der Waals surface area contributed by atoms with Crippen LogP contribution in [0.3, 0.4) is 0 Å². The summed E-state index contributed by atoms with van der Waals surface area (Å²) in [6.07, 6.45) is 3.07. The zero-order valence-corrected chi connectivity index (χ0v) is 12.8. The second-order valence-electron chi connectivity index (χ2n) is 5.31. The summed E-state index contributed by atoms with van der Waals surface area (Å²) in [5.74, 6) is 0.450. The van der Waals surface area contributed by atoms with E-state index in [1.54, 1.807) is 25.3 Å². The number of amides is 1. The summed E-state index contributed by atoms with van der Waals surface area (Å²) in [4.78, 5) is 14.5. The molecule has 1 unspecified atom stereocenters. The van der Waals surface area contributed by atoms with Crippen molar-refractivity contribution in [1.29, 1.82) is 0 Å². The van der Waals surface area contributed by atoms with Crippen LogP contribution in [0, 0.1) is 0 Å². The molecule has 0 aromatic heterocycles. The predicted molar refractivity (Wildman–Crippen MR) is 82.6 cm³/mol. The number of nitrogens with two attached hydrogens (primary N) is 1. The Morgan fingerprint density at radius 1 is 1.48 bits per heavy atom. The van der Waals surface area contributed by atoms with Gasteiger partial charge in [-0.3, -0.25) is 4.79 Å². The molecule has 1 saturated heterocycles. The van der Waals surface area contributed by atoms with Crippen molar-refractivity contribution in [3.8, 4) is 5.75 Å². The molecule has 1 aromatic carbocycles. The van der Waals surface area contributed by atoms with Crippen molar-refractivity contribution in [1.82, 2.24) is 4.90 Å². The third-order valence-electron chi connectivity index (χ3n) is 3.72. The summed E-state index contributed by atoms with van der Waals surface area (Å²) >= 11 is 0. The second kappa shape index (κ2) is 7.31. The minimum Gasteiger partial charge on any atom is -0.496 e. The number of rotatable bonds is 5. The van der Waals surface area contributed by atoms with Crippen LogP contribution in [0.25, 0.3) is 0 Å². The molecule has 1 amide bonds. The van der Waals surface area contributed by atoms with Gasteiger partial charge in [-0.25, -0.2) is 0 Å². The first-order valence-electron chi connectivity index (χ1n) is 7.50. The molecule has 5 heteroatoms. The summed E-state index contributed by atoms with van der Waals surface area (Å²) in [5.41, 5.74) is 6.87. The number of hydrogen-bond donors (Lipinski definition) is 1. The molecule has 0 radical (unpaired) electrons. The van der Waals surface area contributed by atoms with Crippen LogP contribution >= 0.6 is 0 Å². The number of nitrogens with zero attached hydrogens (tertiary/aromatic N) is 1. The summed E-state index contributed by atoms with van der Waals surface area (Å²) in [7, 11) is 1.55. The minimum atomic E-state index is -0.0743. The van der Waals surface area contributed by atoms with Gasteiger partial charge in [0.25, 0.3) is 5.91 Å². The van der Waals surface area contributed by atoms with Crippen LogP contribution < -0.4 is 10.5 Å². The zero-order chi connectivity index (χ0) is 15.2. The minimum absolute atomic E-state index is 0.0743. The Balaban J connectivity index is 2.12. The van der Waals surface area contributed by atoms with Crippen molar-refractivity contribution in [2.45, 2.75) is 32.3 Å². The van der Waals surface area contributed by atoms with Crippen molar-refractivity contribution >= 4 is 11.6 Å². The van der Waals surface area contributed by atoms with Gasteiger partial charge in [0.1, 0.15) is 11.3 Å². The molecule has 0 saturated carbocycles. The van der Waals surface area contributed by atoms with Crippen molar-refractivity contribution in [2.24, 2.45) is 0 Å². The SMILES string of the molecule is CCCOC1CCCN(C(=O)c2c(N)cccc2OC)C1. The van der Waals surface area contributed by atoms with E-state index in [1.807, 2.05) is 4.90 Å². The lowest BCUT2D eigenvalue weighted by molar-refractivity contribution is 0.00205. The first-order valence-corrected chi connectivity index (χ1v) is 7.50. The average Bonchev–Trinajstić information content (AvgIpc) is 2.52. The maximum Gasteiger partial charge on any atom is 0.259 e. The highest BCUT2D eigenvalue weighted by molar-refractivity contribution is 6.01. The number of anilines is 1. The Labute approximate surface area is 126 Å². The lowest BCUT2D eigenvalue weighted by atomic mass is 10.0. The van der Waals surface area contributed by atoms with E-state index in [0.29, 0.717) is 23.5 Å². The second-order valence-corrected chi connectivity index (χ2v) is 5.31. The predicted octanol–water partition coefficient (Wildman–Crippen LogP) is 2.31. The monoisotopic (exact) mass is 292 g/mol. The molecular weight excluding hydrogens is 268 g/mol. The van der Waals surface area contributed by atoms with E-state index < -0.39 is 0 Å². The van der Waals surface area contributed by atoms with Gasteiger partial charge in [-0.1, -0.05) is 13.0 Å². The van der Waals surface area contributed by atoms with Crippen LogP contribution in [0.5, 0.6) is 5.75 Å². The van der Waals surface area contributed by atoms with Gasteiger partial charge in [0.2, 0.25) is 0 Å². The number of methoxy groups -OCH3 is 1. The summed E-state index contributed by atoms with van der Waals surface area (Å²) in [6, 6.07) is 5.28. The normalized spacial score (nSPS) is 18.6. The van der Waals surface area contributed by atoms with Crippen LogP contribution in [-0.4, -0.2) is 43.7 Å². The van der Waals surface area contributed by atoms with Crippen molar-refractivity contribution < 1.29 is 14.3 Å². The number of benzene rings is 1. The van der Waals surface area contributed by atoms with Gasteiger partial charge >= 0.3 is 0 Å². The number of carbonyl (C=O) groups is 1. The number of piperidine rings is 1. The van der Waals surface area contributed by atoms with Crippen molar-refractivity contribution in [3.63, 3.8) is 0 Å². The molecule has 21 heavy (non-hydrogen) atoms. The zero-order valence-electron chi connectivity index (χ0n) is 12.8. The van der Waals surface area contributed by atoms with Crippen LogP contribution in [-0.2, 0) is 4.74 Å². The fourth-order valence-electron chi connectivity index (χ4n) is 2.65. The van der Waals surface area contributed by atoms with Gasteiger partial charge in [0, 0.05) is 25.4 Å². The van der Waals surface area contributed by atoms with Gasteiger partial charge in [-0.05, 0) is 31.4 Å². The van der Waals surface area contributed by atoms with Crippen LogP contribution in [0.4, 0.5) is 5.69 Å². The van der Waals surface area contributed by atoms with E-state index in [1.165, 1.54) is 0 Å². The highest BCUT2D eigenvalue weighted by Gasteiger charge is 2.27. The fraction of sp³-hybridized carbons (Fsp3) is 0.562. The van der Waals surface area contributed by atoms with Gasteiger partial charge < -0.3 is 20.1 Å². The highest BCUT2D eigenvalue weighted by Crippen LogP contribution is 2.27. The standard InChI is InChI=1S/C16H24N2O3/c1-3-10-21-12-6-5-9-18(11-12)16(19)15-13(17)7-4-8-14(15)20-2/h4,7-8,12H,3,5-6,9-11,17H2,1-2H3. The molecule has 5 nitrogen and oxygen atoms in total. The molecule has 0 aliphatic carbocycles. The summed E-state index contributed by atoms with van der Waals surface area (Å²) in [6.45, 7) is 4.18. The molecule has 1 aliphatic heterocycles. The van der Waals surface area contributed by atoms with Crippen molar-refractivity contribution in [2.75, 3.05) is 32.5 Å². The lowest BCUT2D eigenvalue weighted by Crippen LogP contribution is -2.43. The molecule has 1 heterocycles. The number of hydrogen-bond acceptors (Lipinski definition) is 4. The van der Waals surface area contributed by atoms with Gasteiger partial charge in [-0.2, -0.15) is 0 Å². The number of likely N-dealkylation sites (tertiary alicyclic amines) is 1. The van der Waals surface area contributed by atoms with E-state index in [0.717, 1.165) is 32.4 Å². The van der Waals surface area contributed by atoms with Crippen LogP contribution in [0.2, 0.25) is 0 Å². The smallest absolute Gasteiger partial charge is 0.259 e. The Morgan fingerprint density at radius 3 is 3.00 bits per heavy atom. The Kier molecular flexibility index (Phi) is 5.44. The molecule has 1 atom stereocenters.